The van der Waals surface area contributed by atoms with Crippen molar-refractivity contribution >= 4 is 0 Å². The maximum absolute atomic E-state index is 12.0. The second-order valence-electron chi connectivity index (χ2n) is 2.41. The zero-order valence-corrected chi connectivity index (χ0v) is 6.33. The van der Waals surface area contributed by atoms with E-state index in [4.69, 9.17) is 0 Å². The third-order valence-corrected chi connectivity index (χ3v) is 1.41. The van der Waals surface area contributed by atoms with Crippen molar-refractivity contribution in [1.82, 2.24) is 15.0 Å². The topological polar surface area (TPSA) is 30.7 Å². The van der Waals surface area contributed by atoms with E-state index in [1.165, 1.54) is 17.8 Å². The Balaban J connectivity index is 2.76. The standard InChI is InChI=1S/C6H9F2N3/c1-4-3-11(10-9-4)5(2)6(7)8/h3,5-6H,1-2H3. The molecule has 1 aromatic heterocycles. The number of hydrogen-bond donors (Lipinski definition) is 0. The van der Waals surface area contributed by atoms with Crippen LogP contribution in [0.5, 0.6) is 0 Å². The predicted octanol–water partition coefficient (Wildman–Crippen LogP) is 1.41. The molecule has 0 amide bonds. The number of aromatic nitrogens is 3. The van der Waals surface area contributed by atoms with E-state index in [2.05, 4.69) is 10.3 Å². The summed E-state index contributed by atoms with van der Waals surface area (Å²) in [5.41, 5.74) is 0.650. The van der Waals surface area contributed by atoms with E-state index in [0.29, 0.717) is 5.69 Å². The zero-order valence-electron chi connectivity index (χ0n) is 6.33. The van der Waals surface area contributed by atoms with Crippen LogP contribution in [0.1, 0.15) is 18.7 Å². The third kappa shape index (κ3) is 1.72. The lowest BCUT2D eigenvalue weighted by atomic mass is 10.4. The minimum absolute atomic E-state index is 0.650. The Morgan fingerprint density at radius 2 is 2.18 bits per heavy atom. The fourth-order valence-corrected chi connectivity index (χ4v) is 0.680. The largest absolute Gasteiger partial charge is 0.260 e. The Labute approximate surface area is 63.0 Å². The lowest BCUT2D eigenvalue weighted by molar-refractivity contribution is 0.0845. The normalized spacial score (nSPS) is 13.9. The molecule has 0 spiro atoms. The van der Waals surface area contributed by atoms with Gasteiger partial charge in [0.2, 0.25) is 0 Å². The molecule has 1 unspecified atom stereocenters. The zero-order chi connectivity index (χ0) is 8.43. The van der Waals surface area contributed by atoms with Gasteiger partial charge in [0.1, 0.15) is 6.04 Å². The SMILES string of the molecule is Cc1cn(C(C)C(F)F)nn1. The van der Waals surface area contributed by atoms with Gasteiger partial charge in [-0.15, -0.1) is 5.10 Å². The van der Waals surface area contributed by atoms with Crippen molar-refractivity contribution < 1.29 is 8.78 Å². The molecule has 5 heteroatoms. The Morgan fingerprint density at radius 1 is 1.55 bits per heavy atom. The summed E-state index contributed by atoms with van der Waals surface area (Å²) >= 11 is 0. The molecule has 0 radical (unpaired) electrons. The first-order chi connectivity index (χ1) is 5.11. The van der Waals surface area contributed by atoms with Gasteiger partial charge in [0.25, 0.3) is 6.43 Å². The molecule has 62 valence electrons. The van der Waals surface area contributed by atoms with Crippen LogP contribution < -0.4 is 0 Å². The average Bonchev–Trinajstić information content (AvgIpc) is 2.34. The van der Waals surface area contributed by atoms with Gasteiger partial charge in [-0.05, 0) is 13.8 Å². The minimum Gasteiger partial charge on any atom is -0.244 e. The summed E-state index contributed by atoms with van der Waals surface area (Å²) in [7, 11) is 0. The third-order valence-electron chi connectivity index (χ3n) is 1.41. The molecule has 0 fully saturated rings. The number of nitrogens with zero attached hydrogens (tertiary/aromatic N) is 3. The van der Waals surface area contributed by atoms with Crippen molar-refractivity contribution in [2.24, 2.45) is 0 Å². The van der Waals surface area contributed by atoms with E-state index in [1.54, 1.807) is 6.92 Å². The van der Waals surface area contributed by atoms with Crippen molar-refractivity contribution in [3.05, 3.63) is 11.9 Å². The summed E-state index contributed by atoms with van der Waals surface area (Å²) in [5, 5.41) is 7.12. The molecule has 0 aliphatic heterocycles. The molecule has 0 saturated carbocycles. The number of alkyl halides is 2. The quantitative estimate of drug-likeness (QED) is 0.656. The van der Waals surface area contributed by atoms with E-state index < -0.39 is 12.5 Å². The highest BCUT2D eigenvalue weighted by molar-refractivity contribution is 4.88. The van der Waals surface area contributed by atoms with Crippen LogP contribution in [-0.2, 0) is 0 Å². The molecule has 3 nitrogen and oxygen atoms in total. The Kier molecular flexibility index (Phi) is 2.16. The maximum Gasteiger partial charge on any atom is 0.260 e. The molecule has 1 aromatic rings. The molecule has 0 saturated heterocycles. The molecular weight excluding hydrogens is 152 g/mol. The Bertz CT molecular complexity index is 233. The van der Waals surface area contributed by atoms with Crippen molar-refractivity contribution in [2.75, 3.05) is 0 Å². The van der Waals surface area contributed by atoms with Crippen LogP contribution in [0.3, 0.4) is 0 Å². The lowest BCUT2D eigenvalue weighted by Crippen LogP contribution is -2.14. The van der Waals surface area contributed by atoms with Gasteiger partial charge in [-0.3, -0.25) is 0 Å². The summed E-state index contributed by atoms with van der Waals surface area (Å²) in [5.74, 6) is 0. The smallest absolute Gasteiger partial charge is 0.244 e. The van der Waals surface area contributed by atoms with Gasteiger partial charge >= 0.3 is 0 Å². The number of halogens is 2. The van der Waals surface area contributed by atoms with Crippen LogP contribution in [0, 0.1) is 6.92 Å². The predicted molar refractivity (Wildman–Crippen MR) is 35.5 cm³/mol. The second kappa shape index (κ2) is 2.94. The summed E-state index contributed by atoms with van der Waals surface area (Å²) in [6.07, 6.45) is -0.896. The molecule has 1 atom stereocenters. The van der Waals surface area contributed by atoms with Crippen LogP contribution >= 0.6 is 0 Å². The highest BCUT2D eigenvalue weighted by atomic mass is 19.3. The highest BCUT2D eigenvalue weighted by Gasteiger charge is 2.17. The van der Waals surface area contributed by atoms with Gasteiger partial charge in [-0.25, -0.2) is 13.5 Å². The van der Waals surface area contributed by atoms with E-state index >= 15 is 0 Å². The van der Waals surface area contributed by atoms with Crippen molar-refractivity contribution in [1.29, 1.82) is 0 Å². The fraction of sp³-hybridized carbons (Fsp3) is 0.667. The van der Waals surface area contributed by atoms with Crippen molar-refractivity contribution in [3.63, 3.8) is 0 Å². The Morgan fingerprint density at radius 3 is 2.55 bits per heavy atom. The summed E-state index contributed by atoms with van der Waals surface area (Å²) in [4.78, 5) is 0. The van der Waals surface area contributed by atoms with Crippen LogP contribution in [0.25, 0.3) is 0 Å². The molecular formula is C6H9F2N3. The molecule has 0 aliphatic carbocycles. The summed E-state index contributed by atoms with van der Waals surface area (Å²) in [6.45, 7) is 3.11. The van der Waals surface area contributed by atoms with E-state index in [0.717, 1.165) is 0 Å². The van der Waals surface area contributed by atoms with Gasteiger partial charge in [0.15, 0.2) is 0 Å². The van der Waals surface area contributed by atoms with Crippen LogP contribution in [0.2, 0.25) is 0 Å². The second-order valence-corrected chi connectivity index (χ2v) is 2.41. The molecule has 0 bridgehead atoms. The van der Waals surface area contributed by atoms with Gasteiger partial charge in [-0.1, -0.05) is 5.21 Å². The molecule has 0 aromatic carbocycles. The van der Waals surface area contributed by atoms with Gasteiger partial charge < -0.3 is 0 Å². The summed E-state index contributed by atoms with van der Waals surface area (Å²) < 4.78 is 25.2. The monoisotopic (exact) mass is 161 g/mol. The molecule has 1 rings (SSSR count). The first-order valence-electron chi connectivity index (χ1n) is 3.28. The minimum atomic E-state index is -2.39. The maximum atomic E-state index is 12.0. The molecule has 11 heavy (non-hydrogen) atoms. The van der Waals surface area contributed by atoms with Gasteiger partial charge in [-0.2, -0.15) is 0 Å². The number of rotatable bonds is 2. The Hall–Kier alpha value is -1.00. The summed E-state index contributed by atoms with van der Waals surface area (Å²) in [6, 6.07) is -0.892. The van der Waals surface area contributed by atoms with E-state index in [9.17, 15) is 8.78 Å². The van der Waals surface area contributed by atoms with E-state index in [-0.39, 0.29) is 0 Å². The number of aryl methyl sites for hydroxylation is 1. The van der Waals surface area contributed by atoms with Crippen LogP contribution in [0.15, 0.2) is 6.20 Å². The lowest BCUT2D eigenvalue weighted by Gasteiger charge is -2.08. The first-order valence-corrected chi connectivity index (χ1v) is 3.28. The molecule has 0 aliphatic rings. The van der Waals surface area contributed by atoms with Gasteiger partial charge in [0, 0.05) is 6.20 Å². The van der Waals surface area contributed by atoms with Crippen LogP contribution in [0.4, 0.5) is 8.78 Å². The van der Waals surface area contributed by atoms with Crippen LogP contribution in [-0.4, -0.2) is 21.4 Å². The fourth-order valence-electron chi connectivity index (χ4n) is 0.680. The molecule has 1 heterocycles. The van der Waals surface area contributed by atoms with E-state index in [1.807, 2.05) is 0 Å². The average molecular weight is 161 g/mol. The highest BCUT2D eigenvalue weighted by Crippen LogP contribution is 2.13. The molecule has 0 N–H and O–H groups in total. The van der Waals surface area contributed by atoms with Crippen molar-refractivity contribution in [2.45, 2.75) is 26.3 Å². The van der Waals surface area contributed by atoms with Gasteiger partial charge in [0.05, 0.1) is 5.69 Å². The number of hydrogen-bond acceptors (Lipinski definition) is 2. The first kappa shape index (κ1) is 8.10. The van der Waals surface area contributed by atoms with Crippen molar-refractivity contribution in [3.8, 4) is 0 Å².